The fourth-order valence-corrected chi connectivity index (χ4v) is 2.74. The predicted octanol–water partition coefficient (Wildman–Crippen LogP) is 3.48. The van der Waals surface area contributed by atoms with Gasteiger partial charge in [-0.1, -0.05) is 29.3 Å². The first-order chi connectivity index (χ1) is 12.4. The van der Waals surface area contributed by atoms with Gasteiger partial charge in [0.05, 0.1) is 23.5 Å². The van der Waals surface area contributed by atoms with E-state index in [0.29, 0.717) is 21.3 Å². The number of hydrogen-bond acceptors (Lipinski definition) is 4. The van der Waals surface area contributed by atoms with Crippen LogP contribution in [-0.4, -0.2) is 30.5 Å². The van der Waals surface area contributed by atoms with Gasteiger partial charge in [-0.05, 0) is 26.0 Å². The van der Waals surface area contributed by atoms with Gasteiger partial charge in [0, 0.05) is 10.6 Å². The smallest absolute Gasteiger partial charge is 0.251 e. The van der Waals surface area contributed by atoms with Crippen molar-refractivity contribution in [3.05, 3.63) is 57.8 Å². The molecule has 3 rings (SSSR count). The second-order valence-electron chi connectivity index (χ2n) is 5.65. The summed E-state index contributed by atoms with van der Waals surface area (Å²) >= 11 is 12.0. The molecule has 3 aromatic rings. The van der Waals surface area contributed by atoms with Gasteiger partial charge >= 0.3 is 0 Å². The lowest BCUT2D eigenvalue weighted by Gasteiger charge is -2.12. The Labute approximate surface area is 158 Å². The van der Waals surface area contributed by atoms with E-state index in [-0.39, 0.29) is 18.4 Å². The quantitative estimate of drug-likeness (QED) is 0.715. The summed E-state index contributed by atoms with van der Waals surface area (Å²) in [4.78, 5) is 16.4. The van der Waals surface area contributed by atoms with Crippen LogP contribution in [-0.2, 0) is 11.3 Å². The number of halogens is 3. The normalized spacial score (nSPS) is 12.2. The molecule has 0 bridgehead atoms. The molecule has 26 heavy (non-hydrogen) atoms. The average Bonchev–Trinajstić information content (AvgIpc) is 3.18. The largest absolute Gasteiger partial charge is 0.291 e. The summed E-state index contributed by atoms with van der Waals surface area (Å²) in [6.07, 6.45) is 2.87. The van der Waals surface area contributed by atoms with E-state index in [1.165, 1.54) is 34.0 Å². The molecular formula is C16H15Cl2FN6O. The summed E-state index contributed by atoms with van der Waals surface area (Å²) in [6, 6.07) is 3.84. The number of amides is 1. The predicted molar refractivity (Wildman–Crippen MR) is 95.8 cm³/mol. The Morgan fingerprint density at radius 1 is 1.35 bits per heavy atom. The Balaban J connectivity index is 1.70. The third-order valence-electron chi connectivity index (χ3n) is 3.88. The van der Waals surface area contributed by atoms with Crippen molar-refractivity contribution in [1.82, 2.24) is 24.5 Å². The first-order valence-corrected chi connectivity index (χ1v) is 8.45. The molecule has 0 saturated carbocycles. The summed E-state index contributed by atoms with van der Waals surface area (Å²) in [5.41, 5.74) is 0.981. The van der Waals surface area contributed by atoms with Crippen LogP contribution in [0.3, 0.4) is 0 Å². The van der Waals surface area contributed by atoms with Crippen molar-refractivity contribution in [1.29, 1.82) is 0 Å². The standard InChI is InChI=1S/C16H15Cl2FN6O/c1-9-13(18)6-21-25(9)10(2)15(26)22-16-20-8-24(23-16)7-11-12(17)4-3-5-14(11)19/h3-6,8,10H,7H2,1-2H3,(H,22,23,26). The van der Waals surface area contributed by atoms with Crippen LogP contribution < -0.4 is 5.32 Å². The highest BCUT2D eigenvalue weighted by molar-refractivity contribution is 6.31. The van der Waals surface area contributed by atoms with Gasteiger partial charge in [0.15, 0.2) is 0 Å². The topological polar surface area (TPSA) is 77.6 Å². The van der Waals surface area contributed by atoms with E-state index in [4.69, 9.17) is 23.2 Å². The molecule has 1 unspecified atom stereocenters. The Morgan fingerprint density at radius 3 is 2.77 bits per heavy atom. The molecule has 2 aromatic heterocycles. The third-order valence-corrected chi connectivity index (χ3v) is 4.61. The number of carbonyl (C=O) groups excluding carboxylic acids is 1. The van der Waals surface area contributed by atoms with Gasteiger partial charge in [0.25, 0.3) is 5.91 Å². The molecule has 0 aliphatic heterocycles. The molecule has 1 amide bonds. The van der Waals surface area contributed by atoms with E-state index in [1.807, 2.05) is 0 Å². The summed E-state index contributed by atoms with van der Waals surface area (Å²) in [5.74, 6) is -0.682. The molecule has 7 nitrogen and oxygen atoms in total. The number of benzene rings is 1. The fourth-order valence-electron chi connectivity index (χ4n) is 2.39. The van der Waals surface area contributed by atoms with Crippen molar-refractivity contribution in [2.24, 2.45) is 0 Å². The van der Waals surface area contributed by atoms with Crippen LogP contribution >= 0.6 is 23.2 Å². The van der Waals surface area contributed by atoms with E-state index < -0.39 is 11.9 Å². The molecule has 0 saturated heterocycles. The van der Waals surface area contributed by atoms with Crippen molar-refractivity contribution in [2.45, 2.75) is 26.4 Å². The number of aromatic nitrogens is 5. The fraction of sp³-hybridized carbons (Fsp3) is 0.250. The summed E-state index contributed by atoms with van der Waals surface area (Å²) in [5, 5.41) is 11.6. The second-order valence-corrected chi connectivity index (χ2v) is 6.47. The summed E-state index contributed by atoms with van der Waals surface area (Å²) in [7, 11) is 0. The maximum absolute atomic E-state index is 13.9. The number of carbonyl (C=O) groups is 1. The molecule has 136 valence electrons. The Hall–Kier alpha value is -2.45. The van der Waals surface area contributed by atoms with Crippen LogP contribution in [0.1, 0.15) is 24.2 Å². The van der Waals surface area contributed by atoms with Gasteiger partial charge in [-0.15, -0.1) is 5.10 Å². The minimum Gasteiger partial charge on any atom is -0.291 e. The van der Waals surface area contributed by atoms with Crippen LogP contribution in [0, 0.1) is 12.7 Å². The van der Waals surface area contributed by atoms with E-state index in [0.717, 1.165) is 0 Å². The highest BCUT2D eigenvalue weighted by atomic mass is 35.5. The zero-order valence-electron chi connectivity index (χ0n) is 13.9. The molecule has 0 aliphatic rings. The van der Waals surface area contributed by atoms with E-state index in [2.05, 4.69) is 20.5 Å². The first kappa shape index (κ1) is 18.3. The lowest BCUT2D eigenvalue weighted by molar-refractivity contribution is -0.119. The van der Waals surface area contributed by atoms with Crippen LogP contribution in [0.2, 0.25) is 10.0 Å². The van der Waals surface area contributed by atoms with E-state index in [9.17, 15) is 9.18 Å². The Bertz CT molecular complexity index is 934. The van der Waals surface area contributed by atoms with Crippen LogP contribution in [0.4, 0.5) is 10.3 Å². The maximum atomic E-state index is 13.9. The minimum absolute atomic E-state index is 0.0950. The zero-order valence-corrected chi connectivity index (χ0v) is 15.5. The van der Waals surface area contributed by atoms with Crippen molar-refractivity contribution < 1.29 is 9.18 Å². The number of rotatable bonds is 5. The van der Waals surface area contributed by atoms with Crippen molar-refractivity contribution in [2.75, 3.05) is 5.32 Å². The van der Waals surface area contributed by atoms with Gasteiger partial charge in [-0.2, -0.15) is 5.10 Å². The summed E-state index contributed by atoms with van der Waals surface area (Å²) < 4.78 is 16.7. The number of nitrogens with one attached hydrogen (secondary N) is 1. The molecule has 0 spiro atoms. The minimum atomic E-state index is -0.601. The van der Waals surface area contributed by atoms with Crippen molar-refractivity contribution in [3.63, 3.8) is 0 Å². The Kier molecular flexibility index (Phi) is 5.24. The number of nitrogens with zero attached hydrogens (tertiary/aromatic N) is 5. The molecule has 0 aliphatic carbocycles. The molecule has 1 atom stereocenters. The number of anilines is 1. The zero-order chi connectivity index (χ0) is 18.8. The van der Waals surface area contributed by atoms with Crippen molar-refractivity contribution in [3.8, 4) is 0 Å². The summed E-state index contributed by atoms with van der Waals surface area (Å²) in [6.45, 7) is 3.55. The lowest BCUT2D eigenvalue weighted by atomic mass is 10.2. The van der Waals surface area contributed by atoms with Gasteiger partial charge in [-0.25, -0.2) is 14.1 Å². The highest BCUT2D eigenvalue weighted by Crippen LogP contribution is 2.20. The van der Waals surface area contributed by atoms with Crippen LogP contribution in [0.15, 0.2) is 30.7 Å². The molecule has 10 heteroatoms. The monoisotopic (exact) mass is 396 g/mol. The molecular weight excluding hydrogens is 382 g/mol. The van der Waals surface area contributed by atoms with Gasteiger partial charge < -0.3 is 0 Å². The average molecular weight is 397 g/mol. The first-order valence-electron chi connectivity index (χ1n) is 7.69. The second kappa shape index (κ2) is 7.43. The van der Waals surface area contributed by atoms with Gasteiger partial charge in [-0.3, -0.25) is 14.8 Å². The van der Waals surface area contributed by atoms with Gasteiger partial charge in [0.1, 0.15) is 18.2 Å². The molecule has 0 fully saturated rings. The van der Waals surface area contributed by atoms with Gasteiger partial charge in [0.2, 0.25) is 5.95 Å². The maximum Gasteiger partial charge on any atom is 0.251 e. The molecule has 1 N–H and O–H groups in total. The molecule has 1 aromatic carbocycles. The lowest BCUT2D eigenvalue weighted by Crippen LogP contribution is -2.25. The van der Waals surface area contributed by atoms with E-state index >= 15 is 0 Å². The van der Waals surface area contributed by atoms with Crippen LogP contribution in [0.25, 0.3) is 0 Å². The third kappa shape index (κ3) is 3.71. The molecule has 2 heterocycles. The van der Waals surface area contributed by atoms with E-state index in [1.54, 1.807) is 19.9 Å². The van der Waals surface area contributed by atoms with Crippen molar-refractivity contribution >= 4 is 35.1 Å². The Morgan fingerprint density at radius 2 is 2.12 bits per heavy atom. The SMILES string of the molecule is Cc1c(Cl)cnn1C(C)C(=O)Nc1ncn(Cc2c(F)cccc2Cl)n1. The molecule has 0 radical (unpaired) electrons. The van der Waals surface area contributed by atoms with Crippen LogP contribution in [0.5, 0.6) is 0 Å². The number of hydrogen-bond donors (Lipinski definition) is 1. The highest BCUT2D eigenvalue weighted by Gasteiger charge is 2.20.